The van der Waals surface area contributed by atoms with E-state index in [0.29, 0.717) is 0 Å². The predicted octanol–water partition coefficient (Wildman–Crippen LogP) is -1.26. The Hall–Kier alpha value is -0.650. The fraction of sp³-hybridized carbons (Fsp3) is 0.667. The Balaban J connectivity index is 2.88. The van der Waals surface area contributed by atoms with Gasteiger partial charge in [0.2, 0.25) is 5.60 Å². The third-order valence-electron chi connectivity index (χ3n) is 1.82. The molecule has 5 heteroatoms. The summed E-state index contributed by atoms with van der Waals surface area (Å²) < 4.78 is 4.64. The molecule has 0 amide bonds. The van der Waals surface area contributed by atoms with Gasteiger partial charge in [-0.3, -0.25) is 0 Å². The van der Waals surface area contributed by atoms with Crippen LogP contribution in [-0.4, -0.2) is 39.1 Å². The summed E-state index contributed by atoms with van der Waals surface area (Å²) in [5.41, 5.74) is -2.19. The molecular formula is C6H9O5. The predicted molar refractivity (Wildman–Crippen MR) is 33.4 cm³/mol. The SMILES string of the molecule is C[C@@H]1O[CH][C@@H](O)[C@@]1(O)C(=O)O. The number of ether oxygens (including phenoxy) is 1. The van der Waals surface area contributed by atoms with Crippen molar-refractivity contribution in [2.45, 2.75) is 24.7 Å². The van der Waals surface area contributed by atoms with Crippen molar-refractivity contribution in [2.24, 2.45) is 0 Å². The Morgan fingerprint density at radius 1 is 1.73 bits per heavy atom. The molecule has 1 rings (SSSR count). The maximum Gasteiger partial charge on any atom is 0.341 e. The molecule has 1 heterocycles. The molecule has 0 aromatic carbocycles. The van der Waals surface area contributed by atoms with Gasteiger partial charge in [0, 0.05) is 0 Å². The van der Waals surface area contributed by atoms with Gasteiger partial charge in [-0.05, 0) is 6.92 Å². The molecule has 3 atom stereocenters. The van der Waals surface area contributed by atoms with Gasteiger partial charge in [-0.15, -0.1) is 0 Å². The largest absolute Gasteiger partial charge is 0.479 e. The lowest BCUT2D eigenvalue weighted by Gasteiger charge is -2.22. The molecule has 0 aromatic heterocycles. The zero-order chi connectivity index (χ0) is 8.65. The molecule has 0 saturated carbocycles. The van der Waals surface area contributed by atoms with Crippen molar-refractivity contribution >= 4 is 5.97 Å². The highest BCUT2D eigenvalue weighted by Crippen LogP contribution is 2.28. The fourth-order valence-corrected chi connectivity index (χ4v) is 0.941. The molecule has 63 valence electrons. The lowest BCUT2D eigenvalue weighted by atomic mass is 9.94. The maximum atomic E-state index is 10.4. The second-order valence-electron chi connectivity index (χ2n) is 2.49. The van der Waals surface area contributed by atoms with Crippen LogP contribution in [0.3, 0.4) is 0 Å². The van der Waals surface area contributed by atoms with Gasteiger partial charge in [0.1, 0.15) is 12.7 Å². The molecule has 3 N–H and O–H groups in total. The zero-order valence-corrected chi connectivity index (χ0v) is 5.89. The summed E-state index contributed by atoms with van der Waals surface area (Å²) in [7, 11) is 0. The highest BCUT2D eigenvalue weighted by molar-refractivity contribution is 5.79. The first-order valence-corrected chi connectivity index (χ1v) is 3.12. The van der Waals surface area contributed by atoms with Crippen LogP contribution in [-0.2, 0) is 9.53 Å². The average Bonchev–Trinajstić information content (AvgIpc) is 2.18. The van der Waals surface area contributed by atoms with Gasteiger partial charge in [-0.25, -0.2) is 4.79 Å². The van der Waals surface area contributed by atoms with Crippen LogP contribution in [0.2, 0.25) is 0 Å². The summed E-state index contributed by atoms with van der Waals surface area (Å²) in [6.07, 6.45) is -2.38. The Morgan fingerprint density at radius 3 is 2.45 bits per heavy atom. The highest BCUT2D eigenvalue weighted by Gasteiger charge is 2.54. The smallest absolute Gasteiger partial charge is 0.341 e. The standard InChI is InChI=1S/C6H9O5/c1-3-6(10,5(8)9)4(7)2-11-3/h2-4,7,10H,1H3,(H,8,9)/t3-,4+,6+/m0/s1. The van der Waals surface area contributed by atoms with Gasteiger partial charge < -0.3 is 20.1 Å². The third kappa shape index (κ3) is 1.01. The Labute approximate surface area is 63.2 Å². The minimum absolute atomic E-state index is 0.915. The normalized spacial score (nSPS) is 44.3. The van der Waals surface area contributed by atoms with Crippen LogP contribution in [0.1, 0.15) is 6.92 Å². The van der Waals surface area contributed by atoms with E-state index in [0.717, 1.165) is 6.61 Å². The third-order valence-corrected chi connectivity index (χ3v) is 1.82. The van der Waals surface area contributed by atoms with Crippen LogP contribution < -0.4 is 0 Å². The van der Waals surface area contributed by atoms with Crippen molar-refractivity contribution in [1.29, 1.82) is 0 Å². The molecule has 0 bridgehead atoms. The molecule has 0 unspecified atom stereocenters. The van der Waals surface area contributed by atoms with Crippen molar-refractivity contribution in [3.63, 3.8) is 0 Å². The molecule has 11 heavy (non-hydrogen) atoms. The van der Waals surface area contributed by atoms with Gasteiger partial charge in [-0.1, -0.05) is 0 Å². The van der Waals surface area contributed by atoms with Gasteiger partial charge in [0.15, 0.2) is 0 Å². The molecule has 1 aliphatic heterocycles. The first kappa shape index (κ1) is 8.45. The molecular weight excluding hydrogens is 152 g/mol. The fourth-order valence-electron chi connectivity index (χ4n) is 0.941. The van der Waals surface area contributed by atoms with Crippen LogP contribution in [0.25, 0.3) is 0 Å². The minimum atomic E-state index is -2.19. The van der Waals surface area contributed by atoms with Crippen LogP contribution >= 0.6 is 0 Å². The van der Waals surface area contributed by atoms with Gasteiger partial charge in [0.05, 0.1) is 6.10 Å². The molecule has 5 nitrogen and oxygen atoms in total. The Bertz CT molecular complexity index is 168. The topological polar surface area (TPSA) is 87.0 Å². The van der Waals surface area contributed by atoms with Gasteiger partial charge in [-0.2, -0.15) is 0 Å². The van der Waals surface area contributed by atoms with Crippen molar-refractivity contribution in [1.82, 2.24) is 0 Å². The molecule has 0 aliphatic carbocycles. The monoisotopic (exact) mass is 161 g/mol. The van der Waals surface area contributed by atoms with Crippen molar-refractivity contribution in [2.75, 3.05) is 0 Å². The van der Waals surface area contributed by atoms with Crippen LogP contribution in [0.15, 0.2) is 0 Å². The number of carboxylic acid groups (broad SMARTS) is 1. The summed E-state index contributed by atoms with van der Waals surface area (Å²) >= 11 is 0. The molecule has 0 spiro atoms. The maximum absolute atomic E-state index is 10.4. The van der Waals surface area contributed by atoms with Gasteiger partial charge in [0.25, 0.3) is 0 Å². The number of hydrogen-bond donors (Lipinski definition) is 3. The summed E-state index contributed by atoms with van der Waals surface area (Å²) in [6.45, 7) is 2.29. The Morgan fingerprint density at radius 2 is 2.27 bits per heavy atom. The summed E-state index contributed by atoms with van der Waals surface area (Å²) in [5.74, 6) is -1.48. The molecule has 1 fully saturated rings. The van der Waals surface area contributed by atoms with E-state index in [1.807, 2.05) is 0 Å². The van der Waals surface area contributed by atoms with E-state index in [9.17, 15) is 9.90 Å². The number of aliphatic carboxylic acids is 1. The van der Waals surface area contributed by atoms with Crippen molar-refractivity contribution in [3.8, 4) is 0 Å². The van der Waals surface area contributed by atoms with Crippen molar-refractivity contribution < 1.29 is 24.9 Å². The number of aliphatic hydroxyl groups excluding tert-OH is 1. The molecule has 1 radical (unpaired) electrons. The number of carboxylic acids is 1. The number of hydrogen-bond acceptors (Lipinski definition) is 4. The quantitative estimate of drug-likeness (QED) is 0.447. The van der Waals surface area contributed by atoms with Crippen LogP contribution in [0, 0.1) is 6.61 Å². The van der Waals surface area contributed by atoms with E-state index >= 15 is 0 Å². The van der Waals surface area contributed by atoms with E-state index in [-0.39, 0.29) is 0 Å². The van der Waals surface area contributed by atoms with E-state index in [2.05, 4.69) is 4.74 Å². The molecule has 1 aliphatic rings. The van der Waals surface area contributed by atoms with Crippen LogP contribution in [0.4, 0.5) is 0 Å². The second-order valence-corrected chi connectivity index (χ2v) is 2.49. The second kappa shape index (κ2) is 2.44. The molecule has 0 aromatic rings. The van der Waals surface area contributed by atoms with E-state index in [4.69, 9.17) is 10.2 Å². The molecule has 1 saturated heterocycles. The summed E-state index contributed by atoms with van der Waals surface area (Å²) in [5, 5.41) is 26.8. The van der Waals surface area contributed by atoms with Crippen LogP contribution in [0.5, 0.6) is 0 Å². The lowest BCUT2D eigenvalue weighted by molar-refractivity contribution is -0.171. The highest BCUT2D eigenvalue weighted by atomic mass is 16.5. The first-order chi connectivity index (χ1) is 4.99. The van der Waals surface area contributed by atoms with E-state index < -0.39 is 23.8 Å². The first-order valence-electron chi connectivity index (χ1n) is 3.12. The number of rotatable bonds is 1. The van der Waals surface area contributed by atoms with Crippen molar-refractivity contribution in [3.05, 3.63) is 6.61 Å². The zero-order valence-electron chi connectivity index (χ0n) is 5.89. The lowest BCUT2D eigenvalue weighted by Crippen LogP contribution is -2.52. The average molecular weight is 161 g/mol. The Kier molecular flexibility index (Phi) is 1.87. The minimum Gasteiger partial charge on any atom is -0.479 e. The summed E-state index contributed by atoms with van der Waals surface area (Å²) in [6, 6.07) is 0. The van der Waals surface area contributed by atoms with E-state index in [1.54, 1.807) is 0 Å². The summed E-state index contributed by atoms with van der Waals surface area (Å²) in [4.78, 5) is 10.4. The number of aliphatic hydroxyl groups is 2. The van der Waals surface area contributed by atoms with Gasteiger partial charge >= 0.3 is 5.97 Å². The van der Waals surface area contributed by atoms with E-state index in [1.165, 1.54) is 6.92 Å². The number of carbonyl (C=O) groups is 1.